The Morgan fingerprint density at radius 3 is 2.63 bits per heavy atom. The molecule has 19 heavy (non-hydrogen) atoms. The molecule has 5 nitrogen and oxygen atoms in total. The van der Waals surface area contributed by atoms with E-state index in [1.54, 1.807) is 13.0 Å². The third kappa shape index (κ3) is 4.16. The molecule has 0 unspecified atom stereocenters. The number of carbonyl (C=O) groups is 1. The lowest BCUT2D eigenvalue weighted by atomic mass is 10.1. The smallest absolute Gasteiger partial charge is 0.397 e. The second-order valence-electron chi connectivity index (χ2n) is 3.82. The van der Waals surface area contributed by atoms with Gasteiger partial charge in [-0.15, -0.1) is 0 Å². The Kier molecular flexibility index (Phi) is 4.36. The zero-order valence-electron chi connectivity index (χ0n) is 9.95. The molecule has 0 saturated carbocycles. The quantitative estimate of drug-likeness (QED) is 0.341. The van der Waals surface area contributed by atoms with Crippen LogP contribution in [0.4, 0.5) is 18.9 Å². The van der Waals surface area contributed by atoms with Crippen molar-refractivity contribution in [3.05, 3.63) is 29.3 Å². The Morgan fingerprint density at radius 2 is 2.11 bits per heavy atom. The number of aryl methyl sites for hydroxylation is 1. The van der Waals surface area contributed by atoms with Crippen molar-refractivity contribution in [2.75, 3.05) is 5.32 Å². The van der Waals surface area contributed by atoms with Crippen molar-refractivity contribution in [1.29, 1.82) is 0 Å². The minimum atomic E-state index is -4.59. The van der Waals surface area contributed by atoms with E-state index < -0.39 is 18.5 Å². The number of amides is 1. The summed E-state index contributed by atoms with van der Waals surface area (Å²) in [6.45, 7) is 1.62. The normalized spacial score (nSPS) is 12.3. The predicted molar refractivity (Wildman–Crippen MR) is 63.0 cm³/mol. The topological polar surface area (TPSA) is 87.7 Å². The standard InChI is InChI=1S/C11H12F3N3O2/c1-6-3-2-4-7(9(6)10(15)17-19)16-8(18)5-11(12,13)14/h2-4,19H,5H2,1H3,(H2,15,17)(H,16,18). The fourth-order valence-corrected chi connectivity index (χ4v) is 1.54. The summed E-state index contributed by atoms with van der Waals surface area (Å²) < 4.78 is 36.2. The van der Waals surface area contributed by atoms with Crippen molar-refractivity contribution < 1.29 is 23.2 Å². The molecule has 8 heteroatoms. The fourth-order valence-electron chi connectivity index (χ4n) is 1.54. The number of nitrogens with two attached hydrogens (primary N) is 1. The monoisotopic (exact) mass is 275 g/mol. The largest absolute Gasteiger partial charge is 0.409 e. The van der Waals surface area contributed by atoms with E-state index in [4.69, 9.17) is 10.9 Å². The van der Waals surface area contributed by atoms with Crippen molar-refractivity contribution in [1.82, 2.24) is 0 Å². The van der Waals surface area contributed by atoms with Crippen molar-refractivity contribution >= 4 is 17.4 Å². The number of hydrogen-bond donors (Lipinski definition) is 3. The van der Waals surface area contributed by atoms with Gasteiger partial charge in [-0.3, -0.25) is 4.79 Å². The summed E-state index contributed by atoms with van der Waals surface area (Å²) in [5.41, 5.74) is 6.22. The van der Waals surface area contributed by atoms with Gasteiger partial charge in [0.05, 0.1) is 5.69 Å². The average Bonchev–Trinajstić information content (AvgIpc) is 2.25. The molecule has 0 radical (unpaired) electrons. The van der Waals surface area contributed by atoms with Gasteiger partial charge in [-0.2, -0.15) is 13.2 Å². The van der Waals surface area contributed by atoms with Crippen LogP contribution in [0.2, 0.25) is 0 Å². The average molecular weight is 275 g/mol. The third-order valence-corrected chi connectivity index (χ3v) is 2.27. The van der Waals surface area contributed by atoms with Crippen LogP contribution in [0.25, 0.3) is 0 Å². The minimum Gasteiger partial charge on any atom is -0.409 e. The number of benzene rings is 1. The first-order valence-corrected chi connectivity index (χ1v) is 5.18. The molecule has 0 aromatic heterocycles. The van der Waals surface area contributed by atoms with Gasteiger partial charge in [-0.1, -0.05) is 17.3 Å². The maximum absolute atomic E-state index is 12.1. The zero-order chi connectivity index (χ0) is 14.6. The highest BCUT2D eigenvalue weighted by Crippen LogP contribution is 2.23. The summed E-state index contributed by atoms with van der Waals surface area (Å²) in [5, 5.41) is 13.5. The van der Waals surface area contributed by atoms with E-state index >= 15 is 0 Å². The number of hydrogen-bond acceptors (Lipinski definition) is 3. The molecular weight excluding hydrogens is 263 g/mol. The Bertz CT molecular complexity index is 512. The highest BCUT2D eigenvalue weighted by atomic mass is 19.4. The van der Waals surface area contributed by atoms with Crippen LogP contribution in [0.15, 0.2) is 23.4 Å². The number of anilines is 1. The number of amidine groups is 1. The van der Waals surface area contributed by atoms with Crippen LogP contribution in [0.3, 0.4) is 0 Å². The molecule has 1 aromatic rings. The van der Waals surface area contributed by atoms with Crippen LogP contribution in [-0.4, -0.2) is 23.1 Å². The predicted octanol–water partition coefficient (Wildman–Crippen LogP) is 1.98. The summed E-state index contributed by atoms with van der Waals surface area (Å²) in [4.78, 5) is 11.2. The Balaban J connectivity index is 3.02. The van der Waals surface area contributed by atoms with E-state index in [0.29, 0.717) is 5.56 Å². The number of carbonyl (C=O) groups excluding carboxylic acids is 1. The highest BCUT2D eigenvalue weighted by Gasteiger charge is 2.31. The van der Waals surface area contributed by atoms with E-state index in [1.165, 1.54) is 12.1 Å². The maximum atomic E-state index is 12.1. The number of nitrogens with one attached hydrogen (secondary N) is 1. The molecule has 0 atom stereocenters. The first-order chi connectivity index (χ1) is 8.74. The molecule has 0 saturated heterocycles. The molecule has 0 aliphatic heterocycles. The maximum Gasteiger partial charge on any atom is 0.397 e. The number of rotatable bonds is 3. The molecule has 0 heterocycles. The van der Waals surface area contributed by atoms with Crippen LogP contribution in [0, 0.1) is 6.92 Å². The fraction of sp³-hybridized carbons (Fsp3) is 0.273. The number of alkyl halides is 3. The van der Waals surface area contributed by atoms with E-state index in [-0.39, 0.29) is 17.1 Å². The molecule has 1 rings (SSSR count). The van der Waals surface area contributed by atoms with Gasteiger partial charge < -0.3 is 16.3 Å². The molecule has 4 N–H and O–H groups in total. The van der Waals surface area contributed by atoms with Crippen LogP contribution in [0.5, 0.6) is 0 Å². The number of halogens is 3. The SMILES string of the molecule is Cc1cccc(NC(=O)CC(F)(F)F)c1/C(N)=N/O. The van der Waals surface area contributed by atoms with Crippen molar-refractivity contribution in [3.63, 3.8) is 0 Å². The summed E-state index contributed by atoms with van der Waals surface area (Å²) in [6.07, 6.45) is -6.19. The van der Waals surface area contributed by atoms with E-state index in [1.807, 2.05) is 0 Å². The molecule has 0 aliphatic carbocycles. The van der Waals surface area contributed by atoms with Gasteiger partial charge in [-0.05, 0) is 18.6 Å². The van der Waals surface area contributed by atoms with Gasteiger partial charge in [0.2, 0.25) is 5.91 Å². The molecule has 0 aliphatic rings. The first-order valence-electron chi connectivity index (χ1n) is 5.18. The summed E-state index contributed by atoms with van der Waals surface area (Å²) in [5.74, 6) is -1.51. The molecule has 0 spiro atoms. The third-order valence-electron chi connectivity index (χ3n) is 2.27. The Morgan fingerprint density at radius 1 is 1.47 bits per heavy atom. The molecule has 0 fully saturated rings. The van der Waals surface area contributed by atoms with Gasteiger partial charge in [-0.25, -0.2) is 0 Å². The minimum absolute atomic E-state index is 0.0598. The van der Waals surface area contributed by atoms with Crippen molar-refractivity contribution in [2.24, 2.45) is 10.9 Å². The summed E-state index contributed by atoms with van der Waals surface area (Å²) in [6, 6.07) is 4.52. The van der Waals surface area contributed by atoms with E-state index in [9.17, 15) is 18.0 Å². The molecule has 1 aromatic carbocycles. The first kappa shape index (κ1) is 14.8. The molecule has 0 bridgehead atoms. The van der Waals surface area contributed by atoms with Crippen LogP contribution in [-0.2, 0) is 4.79 Å². The molecular formula is C11H12F3N3O2. The van der Waals surface area contributed by atoms with Crippen LogP contribution < -0.4 is 11.1 Å². The Hall–Kier alpha value is -2.25. The Labute approximate surface area is 106 Å². The van der Waals surface area contributed by atoms with Crippen LogP contribution >= 0.6 is 0 Å². The lowest BCUT2D eigenvalue weighted by molar-refractivity contribution is -0.150. The van der Waals surface area contributed by atoms with E-state index in [0.717, 1.165) is 0 Å². The van der Waals surface area contributed by atoms with Gasteiger partial charge in [0.15, 0.2) is 5.84 Å². The van der Waals surface area contributed by atoms with Gasteiger partial charge in [0.1, 0.15) is 6.42 Å². The van der Waals surface area contributed by atoms with Crippen LogP contribution in [0.1, 0.15) is 17.5 Å². The van der Waals surface area contributed by atoms with Crippen molar-refractivity contribution in [3.8, 4) is 0 Å². The summed E-state index contributed by atoms with van der Waals surface area (Å²) in [7, 11) is 0. The van der Waals surface area contributed by atoms with E-state index in [2.05, 4.69) is 10.5 Å². The number of nitrogens with zero attached hydrogens (tertiary/aromatic N) is 1. The zero-order valence-corrected chi connectivity index (χ0v) is 9.95. The van der Waals surface area contributed by atoms with Crippen molar-refractivity contribution in [2.45, 2.75) is 19.5 Å². The molecule has 1 amide bonds. The number of oxime groups is 1. The van der Waals surface area contributed by atoms with Gasteiger partial charge >= 0.3 is 6.18 Å². The molecule has 104 valence electrons. The lowest BCUT2D eigenvalue weighted by Gasteiger charge is -2.13. The highest BCUT2D eigenvalue weighted by molar-refractivity contribution is 6.06. The second-order valence-corrected chi connectivity index (χ2v) is 3.82. The lowest BCUT2D eigenvalue weighted by Crippen LogP contribution is -2.24. The summed E-state index contributed by atoms with van der Waals surface area (Å²) >= 11 is 0. The van der Waals surface area contributed by atoms with Gasteiger partial charge in [0.25, 0.3) is 0 Å². The van der Waals surface area contributed by atoms with Gasteiger partial charge in [0, 0.05) is 5.56 Å². The second kappa shape index (κ2) is 5.59.